The lowest BCUT2D eigenvalue weighted by atomic mass is 10.0. The molecule has 0 N–H and O–H groups in total. The van der Waals surface area contributed by atoms with E-state index >= 15 is 0 Å². The summed E-state index contributed by atoms with van der Waals surface area (Å²) < 4.78 is 22.0. The minimum Gasteiger partial charge on any atom is -0.383 e. The summed E-state index contributed by atoms with van der Waals surface area (Å²) in [7, 11) is 1.70. The van der Waals surface area contributed by atoms with Crippen LogP contribution in [0.5, 0.6) is 0 Å². The molecule has 3 heterocycles. The van der Waals surface area contributed by atoms with E-state index in [1.165, 1.54) is 6.20 Å². The van der Waals surface area contributed by atoms with Crippen molar-refractivity contribution >= 4 is 5.91 Å². The van der Waals surface area contributed by atoms with Crippen molar-refractivity contribution in [1.29, 1.82) is 0 Å². The number of carbonyl (C=O) groups is 1. The molecule has 1 aromatic rings. The van der Waals surface area contributed by atoms with Crippen molar-refractivity contribution in [1.82, 2.24) is 15.0 Å². The molecule has 1 unspecified atom stereocenters. The lowest BCUT2D eigenvalue weighted by Crippen LogP contribution is -2.60. The number of hydrogen-bond donors (Lipinski definition) is 0. The highest BCUT2D eigenvalue weighted by Crippen LogP contribution is 2.24. The van der Waals surface area contributed by atoms with Gasteiger partial charge in [0.1, 0.15) is 16.9 Å². The Morgan fingerprint density at radius 3 is 3.00 bits per heavy atom. The smallest absolute Gasteiger partial charge is 0.259 e. The Morgan fingerprint density at radius 1 is 1.38 bits per heavy atom. The monoisotopic (exact) mass is 339 g/mol. The average Bonchev–Trinajstić information content (AvgIpc) is 2.92. The quantitative estimate of drug-likeness (QED) is 0.774. The molecule has 1 spiro atoms. The molecule has 2 aliphatic heterocycles. The number of aromatic nitrogens is 1. The Kier molecular flexibility index (Phi) is 5.50. The summed E-state index contributed by atoms with van der Waals surface area (Å²) in [5.41, 5.74) is 0.0151. The molecule has 24 heavy (non-hydrogen) atoms. The van der Waals surface area contributed by atoms with Crippen molar-refractivity contribution in [2.45, 2.75) is 12.5 Å². The summed E-state index contributed by atoms with van der Waals surface area (Å²) in [6.45, 7) is 7.51. The summed E-state index contributed by atoms with van der Waals surface area (Å²) in [5, 5.41) is 3.70. The Hall–Kier alpha value is -1.48. The predicted octanol–water partition coefficient (Wildman–Crippen LogP) is 0.173. The van der Waals surface area contributed by atoms with E-state index in [9.17, 15) is 4.79 Å². The van der Waals surface area contributed by atoms with Gasteiger partial charge in [0.25, 0.3) is 5.91 Å². The van der Waals surface area contributed by atoms with Gasteiger partial charge >= 0.3 is 0 Å². The molecule has 0 aliphatic carbocycles. The van der Waals surface area contributed by atoms with Gasteiger partial charge in [0.15, 0.2) is 0 Å². The fraction of sp³-hybridized carbons (Fsp3) is 0.750. The average molecular weight is 339 g/mol. The molecule has 0 radical (unpaired) electrons. The molecule has 1 atom stereocenters. The van der Waals surface area contributed by atoms with Crippen LogP contribution >= 0.6 is 0 Å². The van der Waals surface area contributed by atoms with E-state index in [0.29, 0.717) is 50.8 Å². The number of ether oxygens (including phenoxy) is 3. The van der Waals surface area contributed by atoms with E-state index in [0.717, 1.165) is 19.6 Å². The molecule has 1 aromatic heterocycles. The highest BCUT2D eigenvalue weighted by molar-refractivity contribution is 5.94. The van der Waals surface area contributed by atoms with Crippen molar-refractivity contribution in [3.63, 3.8) is 0 Å². The van der Waals surface area contributed by atoms with Crippen LogP contribution in [0.3, 0.4) is 0 Å². The van der Waals surface area contributed by atoms with Crippen LogP contribution in [0, 0.1) is 6.92 Å². The predicted molar refractivity (Wildman–Crippen MR) is 85.0 cm³/mol. The zero-order valence-electron chi connectivity index (χ0n) is 14.3. The molecular formula is C16H25N3O5. The first-order valence-corrected chi connectivity index (χ1v) is 8.27. The van der Waals surface area contributed by atoms with E-state index in [2.05, 4.69) is 10.1 Å². The fourth-order valence-electron chi connectivity index (χ4n) is 3.27. The third-order valence-corrected chi connectivity index (χ3v) is 4.56. The van der Waals surface area contributed by atoms with E-state index in [1.807, 2.05) is 4.90 Å². The second-order valence-electron chi connectivity index (χ2n) is 6.38. The number of hydrogen-bond acceptors (Lipinski definition) is 7. The van der Waals surface area contributed by atoms with E-state index in [4.69, 9.17) is 18.7 Å². The Labute approximate surface area is 141 Å². The van der Waals surface area contributed by atoms with Gasteiger partial charge in [-0.15, -0.1) is 0 Å². The van der Waals surface area contributed by atoms with Gasteiger partial charge in [-0.25, -0.2) is 0 Å². The zero-order valence-corrected chi connectivity index (χ0v) is 14.3. The number of amides is 1. The van der Waals surface area contributed by atoms with Gasteiger partial charge < -0.3 is 23.6 Å². The van der Waals surface area contributed by atoms with Crippen LogP contribution in [0.15, 0.2) is 10.7 Å². The zero-order chi connectivity index (χ0) is 17.0. The van der Waals surface area contributed by atoms with Crippen LogP contribution in [0.4, 0.5) is 0 Å². The number of carbonyl (C=O) groups excluding carboxylic acids is 1. The van der Waals surface area contributed by atoms with Crippen LogP contribution in [-0.4, -0.2) is 92.7 Å². The molecule has 0 bridgehead atoms. The highest BCUT2D eigenvalue weighted by atomic mass is 16.5. The Morgan fingerprint density at radius 2 is 2.25 bits per heavy atom. The largest absolute Gasteiger partial charge is 0.383 e. The molecule has 2 saturated heterocycles. The van der Waals surface area contributed by atoms with Crippen molar-refractivity contribution in [3.8, 4) is 0 Å². The first kappa shape index (κ1) is 17.3. The molecule has 134 valence electrons. The van der Waals surface area contributed by atoms with E-state index in [-0.39, 0.29) is 5.91 Å². The summed E-state index contributed by atoms with van der Waals surface area (Å²) >= 11 is 0. The number of aryl methyl sites for hydroxylation is 1. The van der Waals surface area contributed by atoms with Crippen LogP contribution in [0.2, 0.25) is 0 Å². The van der Waals surface area contributed by atoms with Crippen molar-refractivity contribution in [2.75, 3.05) is 66.3 Å². The highest BCUT2D eigenvalue weighted by Gasteiger charge is 2.42. The standard InChI is InChI=1S/C16H25N3O5/c1-13-14(9-17-24-13)15(20)19-5-8-23-16(11-19)10-18(3-6-21-2)4-7-22-12-16/h9H,3-8,10-12H2,1-2H3. The van der Waals surface area contributed by atoms with E-state index in [1.54, 1.807) is 14.0 Å². The topological polar surface area (TPSA) is 77.3 Å². The number of methoxy groups -OCH3 is 1. The summed E-state index contributed by atoms with van der Waals surface area (Å²) in [6, 6.07) is 0. The lowest BCUT2D eigenvalue weighted by Gasteiger charge is -2.43. The molecule has 2 fully saturated rings. The normalized spacial score (nSPS) is 25.8. The first-order valence-electron chi connectivity index (χ1n) is 8.27. The molecular weight excluding hydrogens is 314 g/mol. The number of rotatable bonds is 4. The maximum Gasteiger partial charge on any atom is 0.259 e. The molecule has 3 rings (SSSR count). The second kappa shape index (κ2) is 7.60. The second-order valence-corrected chi connectivity index (χ2v) is 6.38. The third-order valence-electron chi connectivity index (χ3n) is 4.56. The van der Waals surface area contributed by atoms with Gasteiger partial charge in [0.2, 0.25) is 0 Å². The van der Waals surface area contributed by atoms with Crippen LogP contribution < -0.4 is 0 Å². The number of morpholine rings is 1. The van der Waals surface area contributed by atoms with E-state index < -0.39 is 5.60 Å². The van der Waals surface area contributed by atoms with Gasteiger partial charge in [-0.3, -0.25) is 9.69 Å². The SMILES string of the molecule is COCCN1CCOCC2(C1)CN(C(=O)c1cnoc1C)CCO2. The molecule has 8 nitrogen and oxygen atoms in total. The van der Waals surface area contributed by atoms with Crippen LogP contribution in [0.1, 0.15) is 16.1 Å². The summed E-state index contributed by atoms with van der Waals surface area (Å²) in [6.07, 6.45) is 1.48. The maximum absolute atomic E-state index is 12.7. The van der Waals surface area contributed by atoms with Crippen molar-refractivity contribution < 1.29 is 23.5 Å². The molecule has 2 aliphatic rings. The minimum absolute atomic E-state index is 0.0656. The fourth-order valence-corrected chi connectivity index (χ4v) is 3.27. The number of nitrogens with zero attached hydrogens (tertiary/aromatic N) is 3. The lowest BCUT2D eigenvalue weighted by molar-refractivity contribution is -0.133. The van der Waals surface area contributed by atoms with Gasteiger partial charge in [-0.2, -0.15) is 0 Å². The molecule has 8 heteroatoms. The maximum atomic E-state index is 12.7. The van der Waals surface area contributed by atoms with Gasteiger partial charge in [0, 0.05) is 33.3 Å². The summed E-state index contributed by atoms with van der Waals surface area (Å²) in [5.74, 6) is 0.475. The first-order chi connectivity index (χ1) is 11.6. The molecule has 0 aromatic carbocycles. The van der Waals surface area contributed by atoms with Crippen LogP contribution in [-0.2, 0) is 14.2 Å². The molecule has 1 amide bonds. The molecule has 0 saturated carbocycles. The van der Waals surface area contributed by atoms with Gasteiger partial charge in [0.05, 0.1) is 39.2 Å². The Balaban J connectivity index is 1.71. The van der Waals surface area contributed by atoms with Crippen molar-refractivity contribution in [3.05, 3.63) is 17.5 Å². The van der Waals surface area contributed by atoms with Gasteiger partial charge in [-0.1, -0.05) is 5.16 Å². The Bertz CT molecular complexity index is 564. The van der Waals surface area contributed by atoms with Crippen LogP contribution in [0.25, 0.3) is 0 Å². The third kappa shape index (κ3) is 3.77. The van der Waals surface area contributed by atoms with Crippen molar-refractivity contribution in [2.24, 2.45) is 0 Å². The van der Waals surface area contributed by atoms with Gasteiger partial charge in [-0.05, 0) is 6.92 Å². The summed E-state index contributed by atoms with van der Waals surface area (Å²) in [4.78, 5) is 16.8. The minimum atomic E-state index is -0.497.